The lowest BCUT2D eigenvalue weighted by Crippen LogP contribution is -2.16. The summed E-state index contributed by atoms with van der Waals surface area (Å²) >= 11 is 0. The van der Waals surface area contributed by atoms with Gasteiger partial charge in [0.25, 0.3) is 0 Å². The van der Waals surface area contributed by atoms with E-state index in [4.69, 9.17) is 15.6 Å². The van der Waals surface area contributed by atoms with Crippen molar-refractivity contribution in [3.05, 3.63) is 36.2 Å². The summed E-state index contributed by atoms with van der Waals surface area (Å²) in [4.78, 5) is 4.21. The topological polar surface area (TPSA) is 68.4 Å². The lowest BCUT2D eigenvalue weighted by atomic mass is 10.1. The van der Waals surface area contributed by atoms with Gasteiger partial charge in [-0.1, -0.05) is 6.07 Å². The summed E-state index contributed by atoms with van der Waals surface area (Å²) < 4.78 is 5.16. The Morgan fingerprint density at radius 1 is 1.44 bits per heavy atom. The Morgan fingerprint density at radius 3 is 2.94 bits per heavy atom. The maximum Gasteiger partial charge on any atom is 0.119 e. The largest absolute Gasteiger partial charge is 0.497 e. The molecule has 0 saturated heterocycles. The molecule has 16 heavy (non-hydrogen) atoms. The molecule has 1 atom stereocenters. The van der Waals surface area contributed by atoms with Crippen LogP contribution < -0.4 is 10.5 Å². The predicted octanol–water partition coefficient (Wildman–Crippen LogP) is 1.24. The highest BCUT2D eigenvalue weighted by Gasteiger charge is 2.10. The molecule has 4 heteroatoms. The molecule has 0 saturated carbocycles. The van der Waals surface area contributed by atoms with E-state index in [-0.39, 0.29) is 6.61 Å². The number of hydrogen-bond acceptors (Lipinski definition) is 4. The van der Waals surface area contributed by atoms with E-state index in [1.807, 2.05) is 24.3 Å². The fraction of sp³-hybridized carbons (Fsp3) is 0.250. The average molecular weight is 218 g/mol. The van der Waals surface area contributed by atoms with Crippen molar-refractivity contribution in [3.63, 3.8) is 0 Å². The van der Waals surface area contributed by atoms with Gasteiger partial charge in [0.15, 0.2) is 0 Å². The predicted molar refractivity (Wildman–Crippen MR) is 62.3 cm³/mol. The quantitative estimate of drug-likeness (QED) is 0.813. The van der Waals surface area contributed by atoms with Crippen LogP contribution in [0.1, 0.15) is 11.7 Å². The molecule has 3 N–H and O–H groups in total. The van der Waals surface area contributed by atoms with Crippen molar-refractivity contribution in [2.24, 2.45) is 5.73 Å². The van der Waals surface area contributed by atoms with Crippen molar-refractivity contribution in [1.82, 2.24) is 4.98 Å². The molecule has 4 nitrogen and oxygen atoms in total. The van der Waals surface area contributed by atoms with E-state index in [9.17, 15) is 0 Å². The standard InChI is InChI=1S/C12H14N2O2/c1-16-9-3-2-8-4-5-14-12(10(8)6-9)11(13)7-15/h2-6,11,15H,7,13H2,1H3. The Morgan fingerprint density at radius 2 is 2.25 bits per heavy atom. The lowest BCUT2D eigenvalue weighted by molar-refractivity contribution is 0.266. The fourth-order valence-electron chi connectivity index (χ4n) is 1.68. The highest BCUT2D eigenvalue weighted by molar-refractivity contribution is 5.86. The zero-order valence-electron chi connectivity index (χ0n) is 9.05. The summed E-state index contributed by atoms with van der Waals surface area (Å²) in [6.45, 7) is -0.122. The minimum absolute atomic E-state index is 0.122. The Kier molecular flexibility index (Phi) is 3.03. The van der Waals surface area contributed by atoms with Gasteiger partial charge >= 0.3 is 0 Å². The summed E-state index contributed by atoms with van der Waals surface area (Å²) in [6.07, 6.45) is 1.69. The van der Waals surface area contributed by atoms with Gasteiger partial charge in [-0.2, -0.15) is 0 Å². The second kappa shape index (κ2) is 4.47. The Bertz CT molecular complexity index is 499. The van der Waals surface area contributed by atoms with Crippen LogP contribution in [0.2, 0.25) is 0 Å². The third kappa shape index (κ3) is 1.85. The normalized spacial score (nSPS) is 12.7. The summed E-state index contributed by atoms with van der Waals surface area (Å²) in [7, 11) is 1.61. The summed E-state index contributed by atoms with van der Waals surface area (Å²) in [5, 5.41) is 11.0. The number of benzene rings is 1. The highest BCUT2D eigenvalue weighted by atomic mass is 16.5. The number of ether oxygens (including phenoxy) is 1. The van der Waals surface area contributed by atoms with E-state index in [2.05, 4.69) is 4.98 Å². The van der Waals surface area contributed by atoms with Crippen LogP contribution in [-0.2, 0) is 0 Å². The Balaban J connectivity index is 2.64. The van der Waals surface area contributed by atoms with Gasteiger partial charge in [-0.15, -0.1) is 0 Å². The van der Waals surface area contributed by atoms with Crippen LogP contribution in [0.5, 0.6) is 5.75 Å². The van der Waals surface area contributed by atoms with Crippen molar-refractivity contribution in [3.8, 4) is 5.75 Å². The first-order chi connectivity index (χ1) is 7.76. The number of methoxy groups -OCH3 is 1. The van der Waals surface area contributed by atoms with Crippen LogP contribution in [0, 0.1) is 0 Å². The monoisotopic (exact) mass is 218 g/mol. The number of aliphatic hydroxyl groups excluding tert-OH is 1. The molecule has 1 unspecified atom stereocenters. The van der Waals surface area contributed by atoms with Gasteiger partial charge in [0.05, 0.1) is 25.5 Å². The number of hydrogen-bond donors (Lipinski definition) is 2. The van der Waals surface area contributed by atoms with Gasteiger partial charge in [-0.3, -0.25) is 4.98 Å². The number of rotatable bonds is 3. The molecular formula is C12H14N2O2. The lowest BCUT2D eigenvalue weighted by Gasteiger charge is -2.11. The molecule has 0 amide bonds. The van der Waals surface area contributed by atoms with Gasteiger partial charge in [0, 0.05) is 11.6 Å². The summed E-state index contributed by atoms with van der Waals surface area (Å²) in [5.74, 6) is 0.756. The van der Waals surface area contributed by atoms with Gasteiger partial charge in [0.1, 0.15) is 5.75 Å². The fourth-order valence-corrected chi connectivity index (χ4v) is 1.68. The van der Waals surface area contributed by atoms with Crippen molar-refractivity contribution in [1.29, 1.82) is 0 Å². The van der Waals surface area contributed by atoms with E-state index >= 15 is 0 Å². The molecule has 0 aliphatic heterocycles. The first kappa shape index (κ1) is 10.9. The molecule has 1 aromatic carbocycles. The molecule has 0 bridgehead atoms. The highest BCUT2D eigenvalue weighted by Crippen LogP contribution is 2.25. The van der Waals surface area contributed by atoms with Crippen LogP contribution in [0.25, 0.3) is 10.8 Å². The van der Waals surface area contributed by atoms with E-state index in [1.54, 1.807) is 13.3 Å². The Hall–Kier alpha value is -1.65. The van der Waals surface area contributed by atoms with E-state index in [0.717, 1.165) is 16.5 Å². The molecule has 84 valence electrons. The second-order valence-electron chi connectivity index (χ2n) is 3.57. The molecule has 0 radical (unpaired) electrons. The third-order valence-corrected chi connectivity index (χ3v) is 2.55. The number of fused-ring (bicyclic) bond motifs is 1. The van der Waals surface area contributed by atoms with Gasteiger partial charge in [-0.05, 0) is 23.6 Å². The minimum Gasteiger partial charge on any atom is -0.497 e. The molecule has 2 rings (SSSR count). The first-order valence-corrected chi connectivity index (χ1v) is 5.05. The minimum atomic E-state index is -0.462. The van der Waals surface area contributed by atoms with Gasteiger partial charge in [-0.25, -0.2) is 0 Å². The number of nitrogens with zero attached hydrogens (tertiary/aromatic N) is 1. The van der Waals surface area contributed by atoms with Crippen molar-refractivity contribution < 1.29 is 9.84 Å². The van der Waals surface area contributed by atoms with Gasteiger partial charge < -0.3 is 15.6 Å². The number of pyridine rings is 1. The zero-order valence-corrected chi connectivity index (χ0v) is 9.05. The maximum absolute atomic E-state index is 9.08. The van der Waals surface area contributed by atoms with E-state index < -0.39 is 6.04 Å². The van der Waals surface area contributed by atoms with Crippen LogP contribution in [-0.4, -0.2) is 23.8 Å². The third-order valence-electron chi connectivity index (χ3n) is 2.55. The molecule has 1 heterocycles. The van der Waals surface area contributed by atoms with Crippen LogP contribution in [0.15, 0.2) is 30.5 Å². The Labute approximate surface area is 93.7 Å². The molecule has 0 aliphatic carbocycles. The van der Waals surface area contributed by atoms with E-state index in [0.29, 0.717) is 5.69 Å². The number of aliphatic hydroxyl groups is 1. The molecular weight excluding hydrogens is 204 g/mol. The molecule has 0 aliphatic rings. The molecule has 2 aromatic rings. The van der Waals surface area contributed by atoms with E-state index in [1.165, 1.54) is 0 Å². The van der Waals surface area contributed by atoms with Gasteiger partial charge in [0.2, 0.25) is 0 Å². The van der Waals surface area contributed by atoms with Crippen molar-refractivity contribution >= 4 is 10.8 Å². The smallest absolute Gasteiger partial charge is 0.119 e. The molecule has 0 fully saturated rings. The van der Waals surface area contributed by atoms with Crippen molar-refractivity contribution in [2.45, 2.75) is 6.04 Å². The summed E-state index contributed by atoms with van der Waals surface area (Å²) in [5.41, 5.74) is 6.49. The average Bonchev–Trinajstić information content (AvgIpc) is 2.36. The second-order valence-corrected chi connectivity index (χ2v) is 3.57. The SMILES string of the molecule is COc1ccc2ccnc(C(N)CO)c2c1. The number of aromatic nitrogens is 1. The molecule has 0 spiro atoms. The number of nitrogens with two attached hydrogens (primary N) is 1. The zero-order chi connectivity index (χ0) is 11.5. The van der Waals surface area contributed by atoms with Crippen LogP contribution in [0.4, 0.5) is 0 Å². The first-order valence-electron chi connectivity index (χ1n) is 5.05. The summed E-state index contributed by atoms with van der Waals surface area (Å²) in [6, 6.07) is 7.16. The van der Waals surface area contributed by atoms with Crippen LogP contribution >= 0.6 is 0 Å². The maximum atomic E-state index is 9.08. The molecule has 1 aromatic heterocycles. The van der Waals surface area contributed by atoms with Crippen molar-refractivity contribution in [2.75, 3.05) is 13.7 Å². The van der Waals surface area contributed by atoms with Crippen LogP contribution in [0.3, 0.4) is 0 Å².